The van der Waals surface area contributed by atoms with Crippen molar-refractivity contribution in [1.29, 1.82) is 0 Å². The SMILES string of the molecule is CN(C)CCN1C(=O)C(=O)C(C(=O)c2ccc3c(c2)OCO3)C1c1ccc(Cl)cc1. The highest BCUT2D eigenvalue weighted by atomic mass is 35.5. The molecule has 2 aliphatic rings. The molecule has 2 atom stereocenters. The molecule has 4 rings (SSSR count). The molecule has 2 aliphatic heterocycles. The summed E-state index contributed by atoms with van der Waals surface area (Å²) in [6.45, 7) is 0.976. The highest BCUT2D eigenvalue weighted by Crippen LogP contribution is 2.40. The first-order valence-electron chi connectivity index (χ1n) is 9.55. The minimum absolute atomic E-state index is 0.0829. The summed E-state index contributed by atoms with van der Waals surface area (Å²) in [4.78, 5) is 42.6. The molecular formula is C22H21ClN2O5. The maximum atomic E-state index is 13.4. The summed E-state index contributed by atoms with van der Waals surface area (Å²) in [6.07, 6.45) is 0. The standard InChI is InChI=1S/C22H21ClN2O5/c1-24(2)9-10-25-19(13-3-6-15(23)7-4-13)18(21(27)22(25)28)20(26)14-5-8-16-17(11-14)30-12-29-16/h3-8,11,18-19H,9-10,12H2,1-2H3. The van der Waals surface area contributed by atoms with Crippen LogP contribution >= 0.6 is 11.6 Å². The van der Waals surface area contributed by atoms with E-state index < -0.39 is 29.4 Å². The molecule has 0 aromatic heterocycles. The number of fused-ring (bicyclic) bond motifs is 1. The molecule has 7 nitrogen and oxygen atoms in total. The van der Waals surface area contributed by atoms with Crippen LogP contribution in [0.25, 0.3) is 0 Å². The highest BCUT2D eigenvalue weighted by molar-refractivity contribution is 6.44. The van der Waals surface area contributed by atoms with Gasteiger partial charge in [-0.3, -0.25) is 14.4 Å². The number of hydrogen-bond donors (Lipinski definition) is 0. The fraction of sp³-hybridized carbons (Fsp3) is 0.318. The molecule has 0 aliphatic carbocycles. The van der Waals surface area contributed by atoms with Crippen molar-refractivity contribution < 1.29 is 23.9 Å². The van der Waals surface area contributed by atoms with E-state index in [1.807, 2.05) is 19.0 Å². The van der Waals surface area contributed by atoms with Crippen LogP contribution in [0.5, 0.6) is 11.5 Å². The van der Waals surface area contributed by atoms with Gasteiger partial charge in [0, 0.05) is 23.7 Å². The molecule has 1 amide bonds. The number of carbonyl (C=O) groups is 3. The lowest BCUT2D eigenvalue weighted by atomic mass is 9.86. The molecule has 1 saturated heterocycles. The first-order chi connectivity index (χ1) is 14.4. The molecule has 8 heteroatoms. The third-order valence-electron chi connectivity index (χ3n) is 5.34. The lowest BCUT2D eigenvalue weighted by Crippen LogP contribution is -2.36. The summed E-state index contributed by atoms with van der Waals surface area (Å²) in [7, 11) is 3.77. The molecule has 2 aromatic rings. The number of halogens is 1. The molecule has 1 fully saturated rings. The topological polar surface area (TPSA) is 76.2 Å². The van der Waals surface area contributed by atoms with Gasteiger partial charge in [0.25, 0.3) is 5.91 Å². The van der Waals surface area contributed by atoms with Gasteiger partial charge in [0.05, 0.1) is 6.04 Å². The third kappa shape index (κ3) is 3.66. The van der Waals surface area contributed by atoms with Gasteiger partial charge in [-0.2, -0.15) is 0 Å². The highest BCUT2D eigenvalue weighted by Gasteiger charge is 2.51. The van der Waals surface area contributed by atoms with E-state index in [2.05, 4.69) is 0 Å². The summed E-state index contributed by atoms with van der Waals surface area (Å²) in [5.74, 6) is -1.90. The van der Waals surface area contributed by atoms with Crippen LogP contribution in [-0.4, -0.2) is 61.3 Å². The Kier molecular flexibility index (Phi) is 5.49. The Bertz CT molecular complexity index is 1010. The molecule has 0 spiro atoms. The Labute approximate surface area is 179 Å². The van der Waals surface area contributed by atoms with E-state index in [1.54, 1.807) is 42.5 Å². The van der Waals surface area contributed by atoms with Crippen LogP contribution in [0.4, 0.5) is 0 Å². The first kappa shape index (κ1) is 20.4. The predicted molar refractivity (Wildman–Crippen MR) is 110 cm³/mol. The van der Waals surface area contributed by atoms with E-state index in [9.17, 15) is 14.4 Å². The summed E-state index contributed by atoms with van der Waals surface area (Å²) >= 11 is 6.02. The zero-order chi connectivity index (χ0) is 21.4. The molecular weight excluding hydrogens is 408 g/mol. The van der Waals surface area contributed by atoms with Crippen molar-refractivity contribution in [2.45, 2.75) is 6.04 Å². The Morgan fingerprint density at radius 1 is 1.10 bits per heavy atom. The number of Topliss-reactive ketones (excluding diaryl/α,β-unsaturated/α-hetero) is 2. The van der Waals surface area contributed by atoms with E-state index in [4.69, 9.17) is 21.1 Å². The minimum Gasteiger partial charge on any atom is -0.454 e. The van der Waals surface area contributed by atoms with Gasteiger partial charge in [0.15, 0.2) is 17.3 Å². The van der Waals surface area contributed by atoms with E-state index in [0.29, 0.717) is 40.7 Å². The smallest absolute Gasteiger partial charge is 0.291 e. The Hall–Kier alpha value is -2.90. The molecule has 2 unspecified atom stereocenters. The largest absolute Gasteiger partial charge is 0.454 e. The number of rotatable bonds is 6. The summed E-state index contributed by atoms with van der Waals surface area (Å²) in [5, 5.41) is 0.535. The second-order valence-electron chi connectivity index (χ2n) is 7.57. The van der Waals surface area contributed by atoms with Gasteiger partial charge in [-0.25, -0.2) is 0 Å². The van der Waals surface area contributed by atoms with E-state index in [1.165, 1.54) is 4.90 Å². The van der Waals surface area contributed by atoms with Crippen LogP contribution in [0.2, 0.25) is 5.02 Å². The predicted octanol–water partition coefficient (Wildman–Crippen LogP) is 2.58. The van der Waals surface area contributed by atoms with Crippen LogP contribution in [0.15, 0.2) is 42.5 Å². The molecule has 156 valence electrons. The maximum Gasteiger partial charge on any atom is 0.291 e. The molecule has 0 N–H and O–H groups in total. The minimum atomic E-state index is -1.14. The Balaban J connectivity index is 1.73. The zero-order valence-corrected chi connectivity index (χ0v) is 17.4. The van der Waals surface area contributed by atoms with Crippen molar-refractivity contribution in [3.05, 3.63) is 58.6 Å². The number of ether oxygens (including phenoxy) is 2. The summed E-state index contributed by atoms with van der Waals surface area (Å²) in [5.41, 5.74) is 0.996. The van der Waals surface area contributed by atoms with Crippen molar-refractivity contribution in [1.82, 2.24) is 9.80 Å². The summed E-state index contributed by atoms with van der Waals surface area (Å²) < 4.78 is 10.6. The van der Waals surface area contributed by atoms with Crippen LogP contribution in [0, 0.1) is 5.92 Å². The lowest BCUT2D eigenvalue weighted by Gasteiger charge is -2.28. The molecule has 2 aromatic carbocycles. The van der Waals surface area contributed by atoms with E-state index in [0.717, 1.165) is 0 Å². The van der Waals surface area contributed by atoms with Crippen molar-refractivity contribution >= 4 is 29.1 Å². The van der Waals surface area contributed by atoms with Gasteiger partial charge in [0.2, 0.25) is 12.6 Å². The average molecular weight is 429 g/mol. The van der Waals surface area contributed by atoms with Crippen LogP contribution in [0.1, 0.15) is 22.0 Å². The number of likely N-dealkylation sites (tertiary alicyclic amines) is 1. The maximum absolute atomic E-state index is 13.4. The fourth-order valence-corrected chi connectivity index (χ4v) is 3.92. The van der Waals surface area contributed by atoms with Gasteiger partial charge in [-0.1, -0.05) is 23.7 Å². The van der Waals surface area contributed by atoms with Crippen molar-refractivity contribution in [3.8, 4) is 11.5 Å². The number of likely N-dealkylation sites (N-methyl/N-ethyl adjacent to an activating group) is 1. The Morgan fingerprint density at radius 2 is 1.80 bits per heavy atom. The second kappa shape index (κ2) is 8.08. The number of benzene rings is 2. The molecule has 0 saturated carbocycles. The lowest BCUT2D eigenvalue weighted by molar-refractivity contribution is -0.140. The first-order valence-corrected chi connectivity index (χ1v) is 9.93. The van der Waals surface area contributed by atoms with Gasteiger partial charge in [-0.15, -0.1) is 0 Å². The van der Waals surface area contributed by atoms with Crippen LogP contribution in [0.3, 0.4) is 0 Å². The van der Waals surface area contributed by atoms with Crippen molar-refractivity contribution in [3.63, 3.8) is 0 Å². The van der Waals surface area contributed by atoms with E-state index >= 15 is 0 Å². The van der Waals surface area contributed by atoms with Crippen molar-refractivity contribution in [2.24, 2.45) is 5.92 Å². The van der Waals surface area contributed by atoms with Gasteiger partial charge in [0.1, 0.15) is 5.92 Å². The average Bonchev–Trinajstić information content (AvgIpc) is 3.29. The summed E-state index contributed by atoms with van der Waals surface area (Å²) in [6, 6.07) is 11.0. The monoisotopic (exact) mass is 428 g/mol. The number of carbonyl (C=O) groups excluding carboxylic acids is 3. The zero-order valence-electron chi connectivity index (χ0n) is 16.6. The van der Waals surface area contributed by atoms with Gasteiger partial charge < -0.3 is 19.3 Å². The second-order valence-corrected chi connectivity index (χ2v) is 8.01. The number of amides is 1. The molecule has 0 radical (unpaired) electrons. The quantitative estimate of drug-likeness (QED) is 0.400. The van der Waals surface area contributed by atoms with Crippen LogP contribution in [-0.2, 0) is 9.59 Å². The molecule has 2 heterocycles. The molecule has 30 heavy (non-hydrogen) atoms. The van der Waals surface area contributed by atoms with E-state index in [-0.39, 0.29) is 6.79 Å². The number of nitrogens with zero attached hydrogens (tertiary/aromatic N) is 2. The fourth-order valence-electron chi connectivity index (χ4n) is 3.80. The number of hydrogen-bond acceptors (Lipinski definition) is 6. The normalized spacial score (nSPS) is 20.3. The number of ketones is 2. The van der Waals surface area contributed by atoms with Gasteiger partial charge >= 0.3 is 0 Å². The van der Waals surface area contributed by atoms with Gasteiger partial charge in [-0.05, 0) is 50.0 Å². The van der Waals surface area contributed by atoms with Crippen LogP contribution < -0.4 is 9.47 Å². The molecule has 0 bridgehead atoms. The third-order valence-corrected chi connectivity index (χ3v) is 5.60. The Morgan fingerprint density at radius 3 is 2.50 bits per heavy atom. The van der Waals surface area contributed by atoms with Crippen molar-refractivity contribution in [2.75, 3.05) is 34.0 Å².